The zero-order valence-electron chi connectivity index (χ0n) is 9.88. The highest BCUT2D eigenvalue weighted by Crippen LogP contribution is 2.14. The third-order valence-corrected chi connectivity index (χ3v) is 2.82. The van der Waals surface area contributed by atoms with E-state index in [1.165, 1.54) is 6.07 Å². The number of benzene rings is 2. The molecule has 2 rings (SSSR count). The zero-order chi connectivity index (χ0) is 13.0. The minimum absolute atomic E-state index is 0.197. The van der Waals surface area contributed by atoms with Crippen LogP contribution < -0.4 is 0 Å². The number of halogens is 1. The molecule has 0 aromatic heterocycles. The van der Waals surface area contributed by atoms with Crippen molar-refractivity contribution in [1.82, 2.24) is 0 Å². The van der Waals surface area contributed by atoms with E-state index in [9.17, 15) is 9.50 Å². The molecule has 2 nitrogen and oxygen atoms in total. The van der Waals surface area contributed by atoms with Gasteiger partial charge in [-0.25, -0.2) is 4.39 Å². The Morgan fingerprint density at radius 1 is 0.944 bits per heavy atom. The number of rotatable bonds is 4. The van der Waals surface area contributed by atoms with Gasteiger partial charge < -0.3 is 10.2 Å². The first kappa shape index (κ1) is 12.6. The molecule has 0 bridgehead atoms. The first-order valence-corrected chi connectivity index (χ1v) is 5.84. The van der Waals surface area contributed by atoms with E-state index < -0.39 is 6.10 Å². The molecule has 0 aliphatic carbocycles. The summed E-state index contributed by atoms with van der Waals surface area (Å²) in [5, 5.41) is 19.1. The molecule has 0 aliphatic heterocycles. The smallest absolute Gasteiger partial charge is 0.126 e. The lowest BCUT2D eigenvalue weighted by atomic mass is 10.0. The Bertz CT molecular complexity index is 508. The Kier molecular flexibility index (Phi) is 3.95. The second kappa shape index (κ2) is 5.65. The lowest BCUT2D eigenvalue weighted by molar-refractivity contribution is 0.174. The summed E-state index contributed by atoms with van der Waals surface area (Å²) < 4.78 is 13.4. The van der Waals surface area contributed by atoms with Crippen molar-refractivity contribution in [3.8, 4) is 5.75 Å². The van der Waals surface area contributed by atoms with Gasteiger partial charge in [0.1, 0.15) is 11.6 Å². The highest BCUT2D eigenvalue weighted by Gasteiger charge is 2.09. The van der Waals surface area contributed by atoms with Crippen LogP contribution in [0.15, 0.2) is 48.5 Å². The van der Waals surface area contributed by atoms with Crippen molar-refractivity contribution in [1.29, 1.82) is 0 Å². The van der Waals surface area contributed by atoms with Gasteiger partial charge in [0.2, 0.25) is 0 Å². The maximum Gasteiger partial charge on any atom is 0.126 e. The molecule has 3 heteroatoms. The van der Waals surface area contributed by atoms with Crippen LogP contribution in [0.2, 0.25) is 0 Å². The summed E-state index contributed by atoms with van der Waals surface area (Å²) in [7, 11) is 0. The highest BCUT2D eigenvalue weighted by atomic mass is 19.1. The average Bonchev–Trinajstić information content (AvgIpc) is 2.35. The van der Waals surface area contributed by atoms with E-state index in [1.807, 2.05) is 0 Å². The number of aliphatic hydroxyl groups is 1. The quantitative estimate of drug-likeness (QED) is 0.870. The number of hydrogen-bond donors (Lipinski definition) is 2. The Morgan fingerprint density at radius 2 is 1.61 bits per heavy atom. The summed E-state index contributed by atoms with van der Waals surface area (Å²) in [6.45, 7) is 0. The van der Waals surface area contributed by atoms with E-state index in [2.05, 4.69) is 0 Å². The lowest BCUT2D eigenvalue weighted by Gasteiger charge is -2.11. The molecule has 94 valence electrons. The van der Waals surface area contributed by atoms with Gasteiger partial charge in [-0.15, -0.1) is 0 Å². The van der Waals surface area contributed by atoms with E-state index >= 15 is 0 Å². The van der Waals surface area contributed by atoms with Gasteiger partial charge in [0.15, 0.2) is 0 Å². The van der Waals surface area contributed by atoms with Crippen molar-refractivity contribution in [3.05, 3.63) is 65.5 Å². The summed E-state index contributed by atoms with van der Waals surface area (Å²) in [4.78, 5) is 0. The molecule has 0 radical (unpaired) electrons. The fourth-order valence-electron chi connectivity index (χ4n) is 1.89. The number of hydrogen-bond acceptors (Lipinski definition) is 2. The summed E-state index contributed by atoms with van der Waals surface area (Å²) in [5.41, 5.74) is 1.43. The van der Waals surface area contributed by atoms with E-state index in [0.29, 0.717) is 12.0 Å². The topological polar surface area (TPSA) is 40.5 Å². The van der Waals surface area contributed by atoms with Gasteiger partial charge in [-0.1, -0.05) is 30.3 Å². The number of phenolic OH excluding ortho intramolecular Hbond substituents is 1. The first-order chi connectivity index (χ1) is 8.65. The molecule has 2 aromatic rings. The maximum absolute atomic E-state index is 13.4. The van der Waals surface area contributed by atoms with Crippen LogP contribution in [0, 0.1) is 5.82 Å². The molecule has 0 aliphatic rings. The normalized spacial score (nSPS) is 12.3. The second-order valence-corrected chi connectivity index (χ2v) is 4.32. The molecule has 1 unspecified atom stereocenters. The molecule has 0 fully saturated rings. The maximum atomic E-state index is 13.4. The zero-order valence-corrected chi connectivity index (χ0v) is 9.88. The van der Waals surface area contributed by atoms with Gasteiger partial charge in [-0.3, -0.25) is 0 Å². The van der Waals surface area contributed by atoms with Gasteiger partial charge in [0.05, 0.1) is 6.10 Å². The predicted molar refractivity (Wildman–Crippen MR) is 67.9 cm³/mol. The van der Waals surface area contributed by atoms with Crippen molar-refractivity contribution in [2.45, 2.75) is 18.9 Å². The molecule has 18 heavy (non-hydrogen) atoms. The second-order valence-electron chi connectivity index (χ2n) is 4.32. The molecule has 0 amide bonds. The third-order valence-electron chi connectivity index (χ3n) is 2.82. The largest absolute Gasteiger partial charge is 0.508 e. The summed E-state index contributed by atoms with van der Waals surface area (Å²) >= 11 is 0. The van der Waals surface area contributed by atoms with Crippen LogP contribution in [0.4, 0.5) is 4.39 Å². The molecule has 2 aromatic carbocycles. The van der Waals surface area contributed by atoms with Crippen molar-refractivity contribution in [2.75, 3.05) is 0 Å². The highest BCUT2D eigenvalue weighted by molar-refractivity contribution is 5.26. The van der Waals surface area contributed by atoms with Crippen molar-refractivity contribution >= 4 is 0 Å². The summed E-state index contributed by atoms with van der Waals surface area (Å²) in [6, 6.07) is 13.1. The van der Waals surface area contributed by atoms with Crippen LogP contribution in [0.5, 0.6) is 5.75 Å². The monoisotopic (exact) mass is 246 g/mol. The number of phenols is 1. The standard InChI is InChI=1S/C15H15FO2/c16-15-4-2-1-3-12(15)10-14(18)9-11-5-7-13(17)8-6-11/h1-8,14,17-18H,9-10H2. The van der Waals surface area contributed by atoms with Crippen molar-refractivity contribution in [3.63, 3.8) is 0 Å². The van der Waals surface area contributed by atoms with E-state index in [4.69, 9.17) is 5.11 Å². The average molecular weight is 246 g/mol. The van der Waals surface area contributed by atoms with Crippen molar-refractivity contribution in [2.24, 2.45) is 0 Å². The molecule has 0 heterocycles. The number of aromatic hydroxyl groups is 1. The van der Waals surface area contributed by atoms with Crippen molar-refractivity contribution < 1.29 is 14.6 Å². The van der Waals surface area contributed by atoms with Crippen LogP contribution in [0.3, 0.4) is 0 Å². The minimum Gasteiger partial charge on any atom is -0.508 e. The van der Waals surface area contributed by atoms with Crippen LogP contribution in [0.25, 0.3) is 0 Å². The number of aliphatic hydroxyl groups excluding tert-OH is 1. The minimum atomic E-state index is -0.633. The fraction of sp³-hybridized carbons (Fsp3) is 0.200. The van der Waals surface area contributed by atoms with Gasteiger partial charge in [0, 0.05) is 6.42 Å². The molecule has 0 saturated heterocycles. The molecule has 2 N–H and O–H groups in total. The molecule has 0 saturated carbocycles. The Hall–Kier alpha value is -1.87. The van der Waals surface area contributed by atoms with Gasteiger partial charge in [-0.05, 0) is 35.7 Å². The summed E-state index contributed by atoms with van der Waals surface area (Å²) in [6.07, 6.45) is 0.0914. The Balaban J connectivity index is 1.99. The van der Waals surface area contributed by atoms with E-state index in [0.717, 1.165) is 5.56 Å². The van der Waals surface area contributed by atoms with Crippen LogP contribution in [0.1, 0.15) is 11.1 Å². The molecular weight excluding hydrogens is 231 g/mol. The van der Waals surface area contributed by atoms with Gasteiger partial charge >= 0.3 is 0 Å². The van der Waals surface area contributed by atoms with Crippen LogP contribution >= 0.6 is 0 Å². The van der Waals surface area contributed by atoms with E-state index in [-0.39, 0.29) is 18.0 Å². The van der Waals surface area contributed by atoms with Crippen LogP contribution in [-0.4, -0.2) is 16.3 Å². The SMILES string of the molecule is Oc1ccc(CC(O)Cc2ccccc2F)cc1. The Labute approximate surface area is 105 Å². The van der Waals surface area contributed by atoms with E-state index in [1.54, 1.807) is 42.5 Å². The lowest BCUT2D eigenvalue weighted by Crippen LogP contribution is -2.14. The van der Waals surface area contributed by atoms with Gasteiger partial charge in [0.25, 0.3) is 0 Å². The predicted octanol–water partition coefficient (Wildman–Crippen LogP) is 2.68. The third kappa shape index (κ3) is 3.31. The first-order valence-electron chi connectivity index (χ1n) is 5.84. The molecular formula is C15H15FO2. The summed E-state index contributed by atoms with van der Waals surface area (Å²) in [5.74, 6) is -0.0930. The fourth-order valence-corrected chi connectivity index (χ4v) is 1.89. The Morgan fingerprint density at radius 3 is 2.28 bits per heavy atom. The van der Waals surface area contributed by atoms with Crippen LogP contribution in [-0.2, 0) is 12.8 Å². The molecule has 0 spiro atoms. The van der Waals surface area contributed by atoms with Gasteiger partial charge in [-0.2, -0.15) is 0 Å². The molecule has 1 atom stereocenters.